The number of ether oxygens (including phenoxy) is 1. The molecule has 4 nitrogen and oxygen atoms in total. The highest BCUT2D eigenvalue weighted by Crippen LogP contribution is 2.33. The maximum absolute atomic E-state index is 9.70. The average Bonchev–Trinajstić information content (AvgIpc) is 2.44. The standard InChI is InChI=1S/C15H16N2O2/c1-10-13(18)7-4-8-14(10)19-15-11-5-2-3-6-12(11)16-9-17-15/h4,7-9,18H,2-3,5-6H2,1H3. The van der Waals surface area contributed by atoms with Gasteiger partial charge in [-0.25, -0.2) is 9.97 Å². The number of phenolic OH excluding ortho intramolecular Hbond substituents is 1. The van der Waals surface area contributed by atoms with Crippen molar-refractivity contribution >= 4 is 0 Å². The average molecular weight is 256 g/mol. The van der Waals surface area contributed by atoms with Gasteiger partial charge < -0.3 is 9.84 Å². The van der Waals surface area contributed by atoms with Gasteiger partial charge in [0.15, 0.2) is 0 Å². The molecule has 1 aromatic carbocycles. The minimum Gasteiger partial charge on any atom is -0.508 e. The first kappa shape index (κ1) is 12.0. The van der Waals surface area contributed by atoms with Crippen LogP contribution in [0.15, 0.2) is 24.5 Å². The summed E-state index contributed by atoms with van der Waals surface area (Å²) in [7, 11) is 0. The molecular formula is C15H16N2O2. The number of rotatable bonds is 2. The van der Waals surface area contributed by atoms with E-state index in [-0.39, 0.29) is 5.75 Å². The highest BCUT2D eigenvalue weighted by molar-refractivity contribution is 5.45. The minimum atomic E-state index is 0.237. The molecule has 19 heavy (non-hydrogen) atoms. The van der Waals surface area contributed by atoms with Crippen LogP contribution in [0.3, 0.4) is 0 Å². The molecule has 0 bridgehead atoms. The largest absolute Gasteiger partial charge is 0.508 e. The van der Waals surface area contributed by atoms with E-state index in [9.17, 15) is 5.11 Å². The third-order valence-corrected chi connectivity index (χ3v) is 3.55. The molecule has 0 fully saturated rings. The lowest BCUT2D eigenvalue weighted by atomic mass is 9.97. The molecule has 98 valence electrons. The van der Waals surface area contributed by atoms with Gasteiger partial charge in [-0.15, -0.1) is 0 Å². The second-order valence-corrected chi connectivity index (χ2v) is 4.81. The van der Waals surface area contributed by atoms with Gasteiger partial charge in [-0.2, -0.15) is 0 Å². The SMILES string of the molecule is Cc1c(O)cccc1Oc1ncnc2c1CCCC2. The van der Waals surface area contributed by atoms with Crippen molar-refractivity contribution in [2.45, 2.75) is 32.6 Å². The molecule has 0 saturated carbocycles. The third kappa shape index (κ3) is 2.26. The molecule has 0 saturated heterocycles. The Balaban J connectivity index is 1.97. The van der Waals surface area contributed by atoms with Crippen LogP contribution >= 0.6 is 0 Å². The fourth-order valence-corrected chi connectivity index (χ4v) is 2.40. The van der Waals surface area contributed by atoms with Crippen LogP contribution in [0, 0.1) is 6.92 Å². The molecule has 0 unspecified atom stereocenters. The highest BCUT2D eigenvalue weighted by Gasteiger charge is 2.17. The van der Waals surface area contributed by atoms with E-state index in [1.807, 2.05) is 13.0 Å². The zero-order valence-electron chi connectivity index (χ0n) is 10.9. The number of phenols is 1. The molecule has 0 atom stereocenters. The number of aromatic nitrogens is 2. The molecule has 1 aromatic heterocycles. The Bertz CT molecular complexity index is 611. The molecule has 3 rings (SSSR count). The zero-order valence-corrected chi connectivity index (χ0v) is 10.9. The highest BCUT2D eigenvalue weighted by atomic mass is 16.5. The first-order valence-corrected chi connectivity index (χ1v) is 6.55. The number of benzene rings is 1. The van der Waals surface area contributed by atoms with Crippen molar-refractivity contribution in [1.82, 2.24) is 9.97 Å². The van der Waals surface area contributed by atoms with E-state index in [1.165, 1.54) is 6.42 Å². The summed E-state index contributed by atoms with van der Waals surface area (Å²) in [6.07, 6.45) is 5.83. The first-order valence-electron chi connectivity index (χ1n) is 6.55. The monoisotopic (exact) mass is 256 g/mol. The van der Waals surface area contributed by atoms with Crippen molar-refractivity contribution in [1.29, 1.82) is 0 Å². The summed E-state index contributed by atoms with van der Waals surface area (Å²) in [5, 5.41) is 9.70. The van der Waals surface area contributed by atoms with Crippen molar-refractivity contribution in [2.75, 3.05) is 0 Å². The predicted octanol–water partition coefficient (Wildman–Crippen LogP) is 3.16. The maximum Gasteiger partial charge on any atom is 0.225 e. The van der Waals surface area contributed by atoms with Gasteiger partial charge in [0.25, 0.3) is 0 Å². The summed E-state index contributed by atoms with van der Waals surface area (Å²) in [6.45, 7) is 1.83. The Morgan fingerprint density at radius 3 is 2.89 bits per heavy atom. The van der Waals surface area contributed by atoms with Crippen molar-refractivity contribution in [3.63, 3.8) is 0 Å². The van der Waals surface area contributed by atoms with Gasteiger partial charge in [-0.05, 0) is 44.7 Å². The maximum atomic E-state index is 9.70. The first-order chi connectivity index (χ1) is 9.25. The number of aromatic hydroxyl groups is 1. The van der Waals surface area contributed by atoms with Gasteiger partial charge in [0.05, 0.1) is 5.69 Å². The van der Waals surface area contributed by atoms with Crippen molar-refractivity contribution in [3.8, 4) is 17.4 Å². The van der Waals surface area contributed by atoms with Gasteiger partial charge >= 0.3 is 0 Å². The fourth-order valence-electron chi connectivity index (χ4n) is 2.40. The molecule has 1 aliphatic rings. The predicted molar refractivity (Wildman–Crippen MR) is 71.6 cm³/mol. The Labute approximate surface area is 112 Å². The molecule has 0 radical (unpaired) electrons. The smallest absolute Gasteiger partial charge is 0.225 e. The summed E-state index contributed by atoms with van der Waals surface area (Å²) in [5.74, 6) is 1.50. The van der Waals surface area contributed by atoms with Gasteiger partial charge in [0, 0.05) is 11.1 Å². The van der Waals surface area contributed by atoms with E-state index in [2.05, 4.69) is 9.97 Å². The van der Waals surface area contributed by atoms with Crippen LogP contribution in [0.25, 0.3) is 0 Å². The molecule has 1 heterocycles. The molecule has 0 aliphatic heterocycles. The van der Waals surface area contributed by atoms with E-state index in [1.54, 1.807) is 18.5 Å². The number of fused-ring (bicyclic) bond motifs is 1. The van der Waals surface area contributed by atoms with Gasteiger partial charge in [-0.3, -0.25) is 0 Å². The Morgan fingerprint density at radius 2 is 2.00 bits per heavy atom. The molecule has 0 spiro atoms. The summed E-state index contributed by atoms with van der Waals surface area (Å²) in [5.41, 5.74) is 2.93. The van der Waals surface area contributed by atoms with E-state index >= 15 is 0 Å². The van der Waals surface area contributed by atoms with Crippen LogP contribution in [0.1, 0.15) is 29.7 Å². The van der Waals surface area contributed by atoms with Crippen LogP contribution in [0.2, 0.25) is 0 Å². The van der Waals surface area contributed by atoms with Crippen molar-refractivity contribution < 1.29 is 9.84 Å². The molecule has 1 aliphatic carbocycles. The number of hydrogen-bond donors (Lipinski definition) is 1. The van der Waals surface area contributed by atoms with Gasteiger partial charge in [0.1, 0.15) is 17.8 Å². The number of hydrogen-bond acceptors (Lipinski definition) is 4. The number of nitrogens with zero attached hydrogens (tertiary/aromatic N) is 2. The lowest BCUT2D eigenvalue weighted by molar-refractivity contribution is 0.429. The minimum absolute atomic E-state index is 0.237. The lowest BCUT2D eigenvalue weighted by Gasteiger charge is -2.17. The Hall–Kier alpha value is -2.10. The van der Waals surface area contributed by atoms with E-state index in [0.717, 1.165) is 36.1 Å². The van der Waals surface area contributed by atoms with Crippen LogP contribution in [0.5, 0.6) is 17.4 Å². The topological polar surface area (TPSA) is 55.2 Å². The van der Waals surface area contributed by atoms with Crippen molar-refractivity contribution in [2.24, 2.45) is 0 Å². The molecular weight excluding hydrogens is 240 g/mol. The normalized spacial score (nSPS) is 13.9. The van der Waals surface area contributed by atoms with Crippen LogP contribution in [-0.4, -0.2) is 15.1 Å². The summed E-state index contributed by atoms with van der Waals surface area (Å²) >= 11 is 0. The molecule has 4 heteroatoms. The van der Waals surface area contributed by atoms with Crippen molar-refractivity contribution in [3.05, 3.63) is 41.3 Å². The second kappa shape index (κ2) is 4.88. The van der Waals surface area contributed by atoms with Gasteiger partial charge in [-0.1, -0.05) is 6.07 Å². The number of aryl methyl sites for hydroxylation is 1. The second-order valence-electron chi connectivity index (χ2n) is 4.81. The van der Waals surface area contributed by atoms with E-state index in [0.29, 0.717) is 11.6 Å². The summed E-state index contributed by atoms with van der Waals surface area (Å²) < 4.78 is 5.88. The molecule has 0 amide bonds. The van der Waals surface area contributed by atoms with Gasteiger partial charge in [0.2, 0.25) is 5.88 Å². The van der Waals surface area contributed by atoms with E-state index < -0.39 is 0 Å². The third-order valence-electron chi connectivity index (χ3n) is 3.55. The zero-order chi connectivity index (χ0) is 13.2. The van der Waals surface area contributed by atoms with Crippen LogP contribution in [-0.2, 0) is 12.8 Å². The van der Waals surface area contributed by atoms with Crippen LogP contribution < -0.4 is 4.74 Å². The van der Waals surface area contributed by atoms with Crippen LogP contribution in [0.4, 0.5) is 0 Å². The Morgan fingerprint density at radius 1 is 1.16 bits per heavy atom. The molecule has 2 aromatic rings. The lowest BCUT2D eigenvalue weighted by Crippen LogP contribution is -2.08. The Kier molecular flexibility index (Phi) is 3.07. The molecule has 1 N–H and O–H groups in total. The fraction of sp³-hybridized carbons (Fsp3) is 0.333. The quantitative estimate of drug-likeness (QED) is 0.896. The summed E-state index contributed by atoms with van der Waals surface area (Å²) in [6, 6.07) is 5.26. The van der Waals surface area contributed by atoms with E-state index in [4.69, 9.17) is 4.74 Å². The summed E-state index contributed by atoms with van der Waals surface area (Å²) in [4.78, 5) is 8.56.